The lowest BCUT2D eigenvalue weighted by Gasteiger charge is -2.42. The lowest BCUT2D eigenvalue weighted by Crippen LogP contribution is -2.57. The van der Waals surface area contributed by atoms with Crippen molar-refractivity contribution in [3.63, 3.8) is 0 Å². The van der Waals surface area contributed by atoms with Gasteiger partial charge in [0.25, 0.3) is 11.8 Å². The average molecular weight is 523 g/mol. The molecule has 1 unspecified atom stereocenters. The number of rotatable bonds is 8. The number of aromatic nitrogens is 1. The van der Waals surface area contributed by atoms with Crippen LogP contribution in [0.2, 0.25) is 0 Å². The fourth-order valence-corrected chi connectivity index (χ4v) is 4.42. The molecule has 0 saturated carbocycles. The molecule has 1 aromatic heterocycles. The lowest BCUT2D eigenvalue weighted by molar-refractivity contribution is 0.0472. The summed E-state index contributed by atoms with van der Waals surface area (Å²) in [5.41, 5.74) is -1.69. The first-order chi connectivity index (χ1) is 17.7. The number of ether oxygens (including phenoxy) is 2. The molecular weight excluding hydrogens is 493 g/mol. The monoisotopic (exact) mass is 522 g/mol. The number of halogens is 3. The first kappa shape index (κ1) is 26.5. The second kappa shape index (κ2) is 11.2. The summed E-state index contributed by atoms with van der Waals surface area (Å²) in [6.07, 6.45) is 3.88. The van der Waals surface area contributed by atoms with E-state index in [2.05, 4.69) is 5.32 Å². The van der Waals surface area contributed by atoms with E-state index in [4.69, 9.17) is 9.47 Å². The first-order valence-electron chi connectivity index (χ1n) is 12.2. The van der Waals surface area contributed by atoms with E-state index in [1.54, 1.807) is 12.0 Å². The standard InChI is InChI=1S/C25H29F3N4O5/c1-3-4-9-37-23-21-25(35)30-7-5-16(36-2)6-8-31(14-30)32(21)13-18(22(23)33)24(34)29-12-17-19(27)10-15(26)11-20(17)28/h10-11,13,16H,3-9,12,14H2,1-2H3,(H,29,34). The van der Waals surface area contributed by atoms with Crippen LogP contribution in [0.3, 0.4) is 0 Å². The maximum absolute atomic E-state index is 14.0. The predicted molar refractivity (Wildman–Crippen MR) is 128 cm³/mol. The number of unbranched alkanes of at least 4 members (excludes halogenated alkanes) is 1. The van der Waals surface area contributed by atoms with Gasteiger partial charge in [0.15, 0.2) is 11.4 Å². The molecule has 37 heavy (non-hydrogen) atoms. The van der Waals surface area contributed by atoms with Crippen molar-refractivity contribution in [2.45, 2.75) is 45.3 Å². The average Bonchev–Trinajstić information content (AvgIpc) is 2.84. The van der Waals surface area contributed by atoms with Crippen molar-refractivity contribution in [3.8, 4) is 5.75 Å². The highest BCUT2D eigenvalue weighted by atomic mass is 19.1. The highest BCUT2D eigenvalue weighted by molar-refractivity contribution is 5.99. The van der Waals surface area contributed by atoms with Crippen molar-refractivity contribution in [3.05, 3.63) is 62.8 Å². The molecule has 1 saturated heterocycles. The zero-order chi connectivity index (χ0) is 26.7. The Bertz CT molecular complexity index is 1230. The molecule has 200 valence electrons. The van der Waals surface area contributed by atoms with E-state index in [1.165, 1.54) is 10.9 Å². The molecule has 0 aliphatic carbocycles. The van der Waals surface area contributed by atoms with Gasteiger partial charge in [-0.3, -0.25) is 24.1 Å². The van der Waals surface area contributed by atoms with Gasteiger partial charge in [0.1, 0.15) is 29.7 Å². The fourth-order valence-electron chi connectivity index (χ4n) is 4.42. The first-order valence-corrected chi connectivity index (χ1v) is 12.2. The number of methoxy groups -OCH3 is 1. The maximum Gasteiger partial charge on any atom is 0.277 e. The summed E-state index contributed by atoms with van der Waals surface area (Å²) < 4.78 is 54.0. The van der Waals surface area contributed by atoms with Gasteiger partial charge in [0.2, 0.25) is 5.43 Å². The zero-order valence-corrected chi connectivity index (χ0v) is 20.7. The number of carbonyl (C=O) groups is 2. The third-order valence-corrected chi connectivity index (χ3v) is 6.56. The Morgan fingerprint density at radius 3 is 2.51 bits per heavy atom. The van der Waals surface area contributed by atoms with Crippen LogP contribution < -0.4 is 20.5 Å². The number of nitrogens with zero attached hydrogens (tertiary/aromatic N) is 3. The van der Waals surface area contributed by atoms with Gasteiger partial charge in [0, 0.05) is 50.6 Å². The van der Waals surface area contributed by atoms with E-state index in [1.807, 2.05) is 11.9 Å². The van der Waals surface area contributed by atoms with Crippen molar-refractivity contribution in [1.29, 1.82) is 0 Å². The number of hydrogen-bond acceptors (Lipinski definition) is 6. The molecule has 1 fully saturated rings. The summed E-state index contributed by atoms with van der Waals surface area (Å²) in [6, 6.07) is 1.01. The van der Waals surface area contributed by atoms with Crippen LogP contribution in [0, 0.1) is 17.5 Å². The minimum atomic E-state index is -1.16. The number of hydrogen-bond donors (Lipinski definition) is 1. The minimum Gasteiger partial charge on any atom is -0.487 e. The number of nitrogens with one attached hydrogen (secondary N) is 1. The van der Waals surface area contributed by atoms with Gasteiger partial charge in [-0.25, -0.2) is 13.2 Å². The van der Waals surface area contributed by atoms with Crippen molar-refractivity contribution in [2.75, 3.05) is 38.5 Å². The molecule has 2 amide bonds. The fraction of sp³-hybridized carbons (Fsp3) is 0.480. The summed E-state index contributed by atoms with van der Waals surface area (Å²) in [5, 5.41) is 4.13. The molecule has 2 aromatic rings. The SMILES string of the molecule is CCCCOc1c2n(cc(C(=O)NCc3c(F)cc(F)cc3F)c1=O)N1CCC(OC)CCN(C1)C2=O. The second-order valence-corrected chi connectivity index (χ2v) is 9.00. The van der Waals surface area contributed by atoms with Crippen molar-refractivity contribution in [2.24, 2.45) is 0 Å². The summed E-state index contributed by atoms with van der Waals surface area (Å²) in [6.45, 7) is 2.63. The molecular formula is C25H29F3N4O5. The highest BCUT2D eigenvalue weighted by Gasteiger charge is 2.36. The Morgan fingerprint density at radius 2 is 1.84 bits per heavy atom. The van der Waals surface area contributed by atoms with Crippen LogP contribution >= 0.6 is 0 Å². The molecule has 0 spiro atoms. The third-order valence-electron chi connectivity index (χ3n) is 6.56. The Hall–Kier alpha value is -3.54. The molecule has 2 aliphatic rings. The van der Waals surface area contributed by atoms with Gasteiger partial charge in [-0.05, 0) is 19.3 Å². The summed E-state index contributed by atoms with van der Waals surface area (Å²) in [5.74, 6) is -4.98. The van der Waals surface area contributed by atoms with Gasteiger partial charge in [-0.2, -0.15) is 0 Å². The van der Waals surface area contributed by atoms with Crippen LogP contribution in [0.4, 0.5) is 13.2 Å². The van der Waals surface area contributed by atoms with Gasteiger partial charge >= 0.3 is 0 Å². The number of pyridine rings is 1. The van der Waals surface area contributed by atoms with Crippen molar-refractivity contribution >= 4 is 11.8 Å². The molecule has 2 aliphatic heterocycles. The maximum atomic E-state index is 14.0. The largest absolute Gasteiger partial charge is 0.487 e. The number of carbonyl (C=O) groups excluding carboxylic acids is 2. The van der Waals surface area contributed by atoms with Crippen molar-refractivity contribution < 1.29 is 32.2 Å². The van der Waals surface area contributed by atoms with Crippen LogP contribution in [-0.2, 0) is 11.3 Å². The van der Waals surface area contributed by atoms with E-state index < -0.39 is 46.8 Å². The minimum absolute atomic E-state index is 0.0235. The van der Waals surface area contributed by atoms with E-state index in [9.17, 15) is 27.6 Å². The number of amides is 2. The molecule has 0 radical (unpaired) electrons. The van der Waals surface area contributed by atoms with E-state index >= 15 is 0 Å². The van der Waals surface area contributed by atoms with E-state index in [0.717, 1.165) is 6.42 Å². The van der Waals surface area contributed by atoms with Crippen LogP contribution in [0.15, 0.2) is 23.1 Å². The van der Waals surface area contributed by atoms with E-state index in [0.29, 0.717) is 44.5 Å². The molecule has 9 nitrogen and oxygen atoms in total. The Morgan fingerprint density at radius 1 is 1.14 bits per heavy atom. The lowest BCUT2D eigenvalue weighted by atomic mass is 10.1. The highest BCUT2D eigenvalue weighted by Crippen LogP contribution is 2.25. The number of benzene rings is 1. The quantitative estimate of drug-likeness (QED) is 0.536. The van der Waals surface area contributed by atoms with Gasteiger partial charge < -0.3 is 19.7 Å². The zero-order valence-electron chi connectivity index (χ0n) is 20.7. The summed E-state index contributed by atoms with van der Waals surface area (Å²) >= 11 is 0. The smallest absolute Gasteiger partial charge is 0.277 e. The van der Waals surface area contributed by atoms with Crippen LogP contribution in [0.25, 0.3) is 0 Å². The summed E-state index contributed by atoms with van der Waals surface area (Å²) in [4.78, 5) is 41.4. The number of fused-ring (bicyclic) bond motifs is 4. The molecule has 3 heterocycles. The van der Waals surface area contributed by atoms with Gasteiger partial charge in [-0.15, -0.1) is 0 Å². The second-order valence-electron chi connectivity index (χ2n) is 9.00. The molecule has 4 rings (SSSR count). The van der Waals surface area contributed by atoms with Gasteiger partial charge in [0.05, 0.1) is 12.7 Å². The Kier molecular flexibility index (Phi) is 8.06. The van der Waals surface area contributed by atoms with Crippen molar-refractivity contribution in [1.82, 2.24) is 14.9 Å². The van der Waals surface area contributed by atoms with E-state index in [-0.39, 0.29) is 36.4 Å². The van der Waals surface area contributed by atoms with Crippen LogP contribution in [0.1, 0.15) is 59.0 Å². The molecule has 1 aromatic carbocycles. The molecule has 12 heteroatoms. The molecule has 1 N–H and O–H groups in total. The van der Waals surface area contributed by atoms with Gasteiger partial charge in [-0.1, -0.05) is 13.3 Å². The molecule has 1 atom stereocenters. The summed E-state index contributed by atoms with van der Waals surface area (Å²) in [7, 11) is 1.61. The van der Waals surface area contributed by atoms with Crippen LogP contribution in [0.5, 0.6) is 5.75 Å². The normalized spacial score (nSPS) is 17.2. The van der Waals surface area contributed by atoms with Crippen LogP contribution in [-0.4, -0.2) is 61.0 Å². The topological polar surface area (TPSA) is 93.1 Å². The Balaban J connectivity index is 1.72. The molecule has 2 bridgehead atoms. The third kappa shape index (κ3) is 5.43. The Labute approximate surface area is 211 Å². The predicted octanol–water partition coefficient (Wildman–Crippen LogP) is 2.53.